The molecule has 3 rings (SSSR count). The van der Waals surface area contributed by atoms with Crippen LogP contribution in [0.15, 0.2) is 24.5 Å². The molecule has 4 heteroatoms. The molecule has 3 heterocycles. The van der Waals surface area contributed by atoms with Crippen LogP contribution >= 0.6 is 0 Å². The van der Waals surface area contributed by atoms with Crippen LogP contribution in [0.1, 0.15) is 31.4 Å². The minimum absolute atomic E-state index is 0.590. The van der Waals surface area contributed by atoms with E-state index in [9.17, 15) is 0 Å². The fourth-order valence-corrected chi connectivity index (χ4v) is 2.91. The fraction of sp³-hybridized carbons (Fsp3) is 0.533. The van der Waals surface area contributed by atoms with Crippen LogP contribution < -0.4 is 4.74 Å². The summed E-state index contributed by atoms with van der Waals surface area (Å²) >= 11 is 0. The number of piperidine rings is 1. The van der Waals surface area contributed by atoms with E-state index in [1.54, 1.807) is 7.11 Å². The van der Waals surface area contributed by atoms with Crippen molar-refractivity contribution < 1.29 is 4.74 Å². The van der Waals surface area contributed by atoms with Crippen LogP contribution in [-0.2, 0) is 0 Å². The predicted octanol–water partition coefficient (Wildman–Crippen LogP) is 2.54. The van der Waals surface area contributed by atoms with Crippen molar-refractivity contribution in [3.05, 3.63) is 30.2 Å². The Bertz CT molecular complexity index is 556. The first-order valence-corrected chi connectivity index (χ1v) is 7.05. The van der Waals surface area contributed by atoms with Crippen molar-refractivity contribution in [1.82, 2.24) is 14.3 Å². The molecule has 0 aliphatic carbocycles. The Labute approximate surface area is 114 Å². The van der Waals surface area contributed by atoms with E-state index in [-0.39, 0.29) is 0 Å². The van der Waals surface area contributed by atoms with E-state index >= 15 is 0 Å². The highest BCUT2D eigenvalue weighted by Gasteiger charge is 2.22. The van der Waals surface area contributed by atoms with Crippen LogP contribution in [0.3, 0.4) is 0 Å². The molecule has 0 radical (unpaired) electrons. The highest BCUT2D eigenvalue weighted by atomic mass is 16.5. The van der Waals surface area contributed by atoms with Crippen molar-refractivity contribution in [2.45, 2.75) is 25.7 Å². The van der Waals surface area contributed by atoms with Crippen LogP contribution in [0.2, 0.25) is 0 Å². The number of ether oxygens (including phenoxy) is 1. The van der Waals surface area contributed by atoms with Gasteiger partial charge < -0.3 is 14.0 Å². The average molecular weight is 259 g/mol. The lowest BCUT2D eigenvalue weighted by atomic mass is 9.94. The van der Waals surface area contributed by atoms with Gasteiger partial charge in [-0.05, 0) is 44.6 Å². The number of fused-ring (bicyclic) bond motifs is 1. The molecule has 1 aliphatic rings. The number of nitrogens with zero attached hydrogens (tertiary/aromatic N) is 3. The van der Waals surface area contributed by atoms with Gasteiger partial charge in [0, 0.05) is 18.3 Å². The quantitative estimate of drug-likeness (QED) is 0.848. The molecule has 0 saturated carbocycles. The van der Waals surface area contributed by atoms with Gasteiger partial charge in [-0.1, -0.05) is 6.92 Å². The number of hydrogen-bond acceptors (Lipinski definition) is 3. The Balaban J connectivity index is 1.86. The van der Waals surface area contributed by atoms with Gasteiger partial charge in [-0.3, -0.25) is 0 Å². The van der Waals surface area contributed by atoms with Crippen molar-refractivity contribution in [3.63, 3.8) is 0 Å². The summed E-state index contributed by atoms with van der Waals surface area (Å²) in [5.74, 6) is 1.44. The topological polar surface area (TPSA) is 29.8 Å². The van der Waals surface area contributed by atoms with Crippen LogP contribution in [0.5, 0.6) is 5.75 Å². The molecule has 0 amide bonds. The molecule has 2 aromatic rings. The third-order valence-corrected chi connectivity index (χ3v) is 4.14. The highest BCUT2D eigenvalue weighted by Crippen LogP contribution is 2.29. The van der Waals surface area contributed by atoms with Crippen molar-refractivity contribution in [2.24, 2.45) is 0 Å². The SMILES string of the molecule is CCN1CCC(c2cn3cccc(OC)c3n2)CC1. The Morgan fingerprint density at radius 3 is 2.84 bits per heavy atom. The summed E-state index contributed by atoms with van der Waals surface area (Å²) in [5.41, 5.74) is 2.14. The van der Waals surface area contributed by atoms with Gasteiger partial charge in [0.05, 0.1) is 12.8 Å². The normalized spacial score (nSPS) is 18.0. The zero-order chi connectivity index (χ0) is 13.2. The Morgan fingerprint density at radius 1 is 1.37 bits per heavy atom. The minimum atomic E-state index is 0.590. The van der Waals surface area contributed by atoms with E-state index < -0.39 is 0 Å². The number of hydrogen-bond donors (Lipinski definition) is 0. The second kappa shape index (κ2) is 5.21. The third kappa shape index (κ3) is 2.32. The molecule has 0 N–H and O–H groups in total. The summed E-state index contributed by atoms with van der Waals surface area (Å²) in [6, 6.07) is 3.96. The van der Waals surface area contributed by atoms with E-state index in [1.165, 1.54) is 31.6 Å². The lowest BCUT2D eigenvalue weighted by Gasteiger charge is -2.30. The summed E-state index contributed by atoms with van der Waals surface area (Å²) < 4.78 is 7.44. The van der Waals surface area contributed by atoms with Gasteiger partial charge in [0.2, 0.25) is 0 Å². The largest absolute Gasteiger partial charge is 0.493 e. The van der Waals surface area contributed by atoms with E-state index in [1.807, 2.05) is 18.3 Å². The van der Waals surface area contributed by atoms with E-state index in [4.69, 9.17) is 9.72 Å². The molecule has 0 atom stereocenters. The number of aromatic nitrogens is 2. The van der Waals surface area contributed by atoms with Crippen LogP contribution in [-0.4, -0.2) is 41.0 Å². The van der Waals surface area contributed by atoms with Gasteiger partial charge in [-0.15, -0.1) is 0 Å². The molecule has 1 aliphatic heterocycles. The maximum Gasteiger partial charge on any atom is 0.179 e. The highest BCUT2D eigenvalue weighted by molar-refractivity contribution is 5.54. The smallest absolute Gasteiger partial charge is 0.179 e. The molecule has 1 saturated heterocycles. The maximum atomic E-state index is 5.37. The molecule has 0 bridgehead atoms. The van der Waals surface area contributed by atoms with Gasteiger partial charge >= 0.3 is 0 Å². The van der Waals surface area contributed by atoms with Gasteiger partial charge in [0.25, 0.3) is 0 Å². The van der Waals surface area contributed by atoms with Crippen molar-refractivity contribution in [2.75, 3.05) is 26.7 Å². The molecule has 102 valence electrons. The molecule has 19 heavy (non-hydrogen) atoms. The number of methoxy groups -OCH3 is 1. The number of pyridine rings is 1. The Hall–Kier alpha value is -1.55. The van der Waals surface area contributed by atoms with Crippen LogP contribution in [0.25, 0.3) is 5.65 Å². The summed E-state index contributed by atoms with van der Waals surface area (Å²) in [6.07, 6.45) is 6.61. The van der Waals surface area contributed by atoms with Crippen molar-refractivity contribution >= 4 is 5.65 Å². The summed E-state index contributed by atoms with van der Waals surface area (Å²) in [4.78, 5) is 7.28. The predicted molar refractivity (Wildman–Crippen MR) is 75.8 cm³/mol. The van der Waals surface area contributed by atoms with Gasteiger partial charge in [0.1, 0.15) is 0 Å². The first-order chi connectivity index (χ1) is 9.31. The molecule has 4 nitrogen and oxygen atoms in total. The average Bonchev–Trinajstić information content (AvgIpc) is 2.91. The van der Waals surface area contributed by atoms with E-state index in [2.05, 4.69) is 22.4 Å². The Morgan fingerprint density at radius 2 is 2.16 bits per heavy atom. The maximum absolute atomic E-state index is 5.37. The molecule has 0 spiro atoms. The lowest BCUT2D eigenvalue weighted by Crippen LogP contribution is -2.32. The van der Waals surface area contributed by atoms with Crippen molar-refractivity contribution in [3.8, 4) is 5.75 Å². The zero-order valence-electron chi connectivity index (χ0n) is 11.7. The molecule has 0 aromatic carbocycles. The molecule has 2 aromatic heterocycles. The van der Waals surface area contributed by atoms with Gasteiger partial charge in [-0.25, -0.2) is 4.98 Å². The van der Waals surface area contributed by atoms with E-state index in [0.717, 1.165) is 17.9 Å². The number of rotatable bonds is 3. The monoisotopic (exact) mass is 259 g/mol. The molecular weight excluding hydrogens is 238 g/mol. The first kappa shape index (κ1) is 12.5. The van der Waals surface area contributed by atoms with Crippen LogP contribution in [0, 0.1) is 0 Å². The zero-order valence-corrected chi connectivity index (χ0v) is 11.7. The number of likely N-dealkylation sites (tertiary alicyclic amines) is 1. The second-order valence-corrected chi connectivity index (χ2v) is 5.18. The van der Waals surface area contributed by atoms with Gasteiger partial charge in [-0.2, -0.15) is 0 Å². The molecular formula is C15H21N3O. The third-order valence-electron chi connectivity index (χ3n) is 4.14. The van der Waals surface area contributed by atoms with E-state index in [0.29, 0.717) is 5.92 Å². The standard InChI is InChI=1S/C15H21N3O/c1-3-17-9-6-12(7-10-17)13-11-18-8-4-5-14(19-2)15(18)16-13/h4-5,8,11-12H,3,6-7,9-10H2,1-2H3. The molecule has 1 fully saturated rings. The second-order valence-electron chi connectivity index (χ2n) is 5.18. The minimum Gasteiger partial charge on any atom is -0.493 e. The van der Waals surface area contributed by atoms with Crippen LogP contribution in [0.4, 0.5) is 0 Å². The van der Waals surface area contributed by atoms with Gasteiger partial charge in [0.15, 0.2) is 11.4 Å². The molecule has 0 unspecified atom stereocenters. The Kier molecular flexibility index (Phi) is 3.42. The lowest BCUT2D eigenvalue weighted by molar-refractivity contribution is 0.221. The van der Waals surface area contributed by atoms with Crippen molar-refractivity contribution in [1.29, 1.82) is 0 Å². The summed E-state index contributed by atoms with van der Waals surface area (Å²) in [7, 11) is 1.70. The number of imidazole rings is 1. The summed E-state index contributed by atoms with van der Waals surface area (Å²) in [5, 5.41) is 0. The summed E-state index contributed by atoms with van der Waals surface area (Å²) in [6.45, 7) is 5.76. The fourth-order valence-electron chi connectivity index (χ4n) is 2.91. The first-order valence-electron chi connectivity index (χ1n) is 7.05.